The van der Waals surface area contributed by atoms with Gasteiger partial charge in [-0.25, -0.2) is 0 Å². The van der Waals surface area contributed by atoms with Gasteiger partial charge < -0.3 is 19.5 Å². The summed E-state index contributed by atoms with van der Waals surface area (Å²) in [5.41, 5.74) is 0.846. The van der Waals surface area contributed by atoms with Crippen LogP contribution >= 0.6 is 0 Å². The van der Waals surface area contributed by atoms with E-state index >= 15 is 0 Å². The van der Waals surface area contributed by atoms with Crippen LogP contribution in [-0.4, -0.2) is 42.3 Å². The standard InChI is InChI=1S/C18H24N4O3/c1-3-6-16(23)19-14-8-5-10-22(12-14)18-20-17(21-25-18)13-7-4-9-15(11-13)24-2/h4,7,9,11,14H,3,5-6,8,10,12H2,1-2H3,(H,19,23). The van der Waals surface area contributed by atoms with Crippen LogP contribution < -0.4 is 15.0 Å². The normalized spacial score (nSPS) is 17.4. The van der Waals surface area contributed by atoms with Crippen LogP contribution in [0.1, 0.15) is 32.6 Å². The number of ether oxygens (including phenoxy) is 1. The highest BCUT2D eigenvalue weighted by Crippen LogP contribution is 2.25. The van der Waals surface area contributed by atoms with Crippen molar-refractivity contribution in [3.63, 3.8) is 0 Å². The second-order valence-corrected chi connectivity index (χ2v) is 6.24. The highest BCUT2D eigenvalue weighted by atomic mass is 16.5. The molecular formula is C18H24N4O3. The van der Waals surface area contributed by atoms with Crippen molar-refractivity contribution >= 4 is 11.9 Å². The van der Waals surface area contributed by atoms with E-state index in [4.69, 9.17) is 9.26 Å². The van der Waals surface area contributed by atoms with Gasteiger partial charge in [-0.3, -0.25) is 4.79 Å². The van der Waals surface area contributed by atoms with Gasteiger partial charge in [-0.2, -0.15) is 4.98 Å². The Morgan fingerprint density at radius 1 is 1.48 bits per heavy atom. The predicted molar refractivity (Wildman–Crippen MR) is 94.6 cm³/mol. The number of amides is 1. The van der Waals surface area contributed by atoms with E-state index in [9.17, 15) is 4.79 Å². The van der Waals surface area contributed by atoms with E-state index in [1.807, 2.05) is 36.1 Å². The summed E-state index contributed by atoms with van der Waals surface area (Å²) in [6.45, 7) is 3.54. The molecule has 0 spiro atoms. The molecule has 1 aliphatic heterocycles. The Labute approximate surface area is 147 Å². The molecule has 0 radical (unpaired) electrons. The number of nitrogens with one attached hydrogen (secondary N) is 1. The first-order valence-corrected chi connectivity index (χ1v) is 8.72. The summed E-state index contributed by atoms with van der Waals surface area (Å²) < 4.78 is 10.7. The van der Waals surface area contributed by atoms with Crippen LogP contribution in [-0.2, 0) is 4.79 Å². The van der Waals surface area contributed by atoms with E-state index in [1.165, 1.54) is 0 Å². The molecule has 3 rings (SSSR count). The van der Waals surface area contributed by atoms with E-state index < -0.39 is 0 Å². The second kappa shape index (κ2) is 8.00. The quantitative estimate of drug-likeness (QED) is 0.868. The zero-order chi connectivity index (χ0) is 17.6. The van der Waals surface area contributed by atoms with Crippen LogP contribution in [0, 0.1) is 0 Å². The average Bonchev–Trinajstić information content (AvgIpc) is 3.12. The number of hydrogen-bond acceptors (Lipinski definition) is 6. The predicted octanol–water partition coefficient (Wildman–Crippen LogP) is 2.63. The molecule has 7 heteroatoms. The highest BCUT2D eigenvalue weighted by Gasteiger charge is 2.25. The van der Waals surface area contributed by atoms with Gasteiger partial charge in [0.25, 0.3) is 0 Å². The Balaban J connectivity index is 1.68. The van der Waals surface area contributed by atoms with Gasteiger partial charge in [0.1, 0.15) is 5.75 Å². The topological polar surface area (TPSA) is 80.5 Å². The molecule has 1 amide bonds. The first-order valence-electron chi connectivity index (χ1n) is 8.72. The molecule has 1 saturated heterocycles. The van der Waals surface area contributed by atoms with Crippen LogP contribution in [0.3, 0.4) is 0 Å². The van der Waals surface area contributed by atoms with Crippen LogP contribution in [0.2, 0.25) is 0 Å². The third-order valence-corrected chi connectivity index (χ3v) is 4.28. The Morgan fingerprint density at radius 2 is 2.36 bits per heavy atom. The van der Waals surface area contributed by atoms with Crippen molar-refractivity contribution in [2.24, 2.45) is 0 Å². The molecular weight excluding hydrogens is 320 g/mol. The first kappa shape index (κ1) is 17.3. The lowest BCUT2D eigenvalue weighted by Gasteiger charge is -2.31. The van der Waals surface area contributed by atoms with Gasteiger partial charge in [0, 0.05) is 31.1 Å². The molecule has 2 aromatic rings. The zero-order valence-electron chi connectivity index (χ0n) is 14.7. The molecule has 1 aromatic carbocycles. The molecule has 1 unspecified atom stereocenters. The van der Waals surface area contributed by atoms with Crippen molar-refractivity contribution in [3.8, 4) is 17.1 Å². The molecule has 1 aromatic heterocycles. The Kier molecular flexibility index (Phi) is 5.53. The van der Waals surface area contributed by atoms with Crippen LogP contribution in [0.4, 0.5) is 6.01 Å². The van der Waals surface area contributed by atoms with E-state index in [-0.39, 0.29) is 11.9 Å². The monoisotopic (exact) mass is 344 g/mol. The van der Waals surface area contributed by atoms with Crippen molar-refractivity contribution in [2.75, 3.05) is 25.1 Å². The Hall–Kier alpha value is -2.57. The maximum Gasteiger partial charge on any atom is 0.324 e. The zero-order valence-corrected chi connectivity index (χ0v) is 14.7. The number of anilines is 1. The Bertz CT molecular complexity index is 716. The number of nitrogens with zero attached hydrogens (tertiary/aromatic N) is 3. The van der Waals surface area contributed by atoms with Gasteiger partial charge in [0.05, 0.1) is 7.11 Å². The largest absolute Gasteiger partial charge is 0.497 e. The lowest BCUT2D eigenvalue weighted by Crippen LogP contribution is -2.47. The van der Waals surface area contributed by atoms with Crippen molar-refractivity contribution in [2.45, 2.75) is 38.6 Å². The van der Waals surface area contributed by atoms with E-state index in [0.717, 1.165) is 37.1 Å². The fourth-order valence-electron chi connectivity index (χ4n) is 3.02. The minimum absolute atomic E-state index is 0.108. The summed E-state index contributed by atoms with van der Waals surface area (Å²) in [5, 5.41) is 7.17. The van der Waals surface area contributed by atoms with E-state index in [0.29, 0.717) is 24.8 Å². The number of aromatic nitrogens is 2. The van der Waals surface area contributed by atoms with Gasteiger partial charge in [-0.1, -0.05) is 24.2 Å². The smallest absolute Gasteiger partial charge is 0.324 e. The molecule has 25 heavy (non-hydrogen) atoms. The summed E-state index contributed by atoms with van der Waals surface area (Å²) in [7, 11) is 1.63. The van der Waals surface area contributed by atoms with Gasteiger partial charge >= 0.3 is 6.01 Å². The molecule has 1 atom stereocenters. The third-order valence-electron chi connectivity index (χ3n) is 4.28. The summed E-state index contributed by atoms with van der Waals surface area (Å²) in [6, 6.07) is 8.18. The molecule has 0 saturated carbocycles. The third kappa shape index (κ3) is 4.29. The van der Waals surface area contributed by atoms with Crippen LogP contribution in [0.5, 0.6) is 5.75 Å². The van der Waals surface area contributed by atoms with Crippen molar-refractivity contribution < 1.29 is 14.1 Å². The molecule has 0 aliphatic carbocycles. The van der Waals surface area contributed by atoms with Crippen LogP contribution in [0.25, 0.3) is 11.4 Å². The summed E-state index contributed by atoms with van der Waals surface area (Å²) >= 11 is 0. The molecule has 1 fully saturated rings. The fraction of sp³-hybridized carbons (Fsp3) is 0.500. The lowest BCUT2D eigenvalue weighted by molar-refractivity contribution is -0.121. The number of carbonyl (C=O) groups is 1. The van der Waals surface area contributed by atoms with Crippen molar-refractivity contribution in [1.29, 1.82) is 0 Å². The fourth-order valence-corrected chi connectivity index (χ4v) is 3.02. The molecule has 1 aliphatic rings. The molecule has 1 N–H and O–H groups in total. The van der Waals surface area contributed by atoms with E-state index in [1.54, 1.807) is 7.11 Å². The van der Waals surface area contributed by atoms with Crippen molar-refractivity contribution in [1.82, 2.24) is 15.5 Å². The number of benzene rings is 1. The molecule has 0 bridgehead atoms. The maximum absolute atomic E-state index is 11.8. The summed E-state index contributed by atoms with van der Waals surface area (Å²) in [4.78, 5) is 18.4. The number of rotatable bonds is 6. The first-order chi connectivity index (χ1) is 12.2. The average molecular weight is 344 g/mol. The van der Waals surface area contributed by atoms with Gasteiger partial charge in [-0.05, 0) is 31.4 Å². The number of carbonyl (C=O) groups excluding carboxylic acids is 1. The summed E-state index contributed by atoms with van der Waals surface area (Å²) in [5.74, 6) is 1.39. The highest BCUT2D eigenvalue weighted by molar-refractivity contribution is 5.76. The Morgan fingerprint density at radius 3 is 3.16 bits per heavy atom. The molecule has 134 valence electrons. The number of hydrogen-bond donors (Lipinski definition) is 1. The number of piperidine rings is 1. The van der Waals surface area contributed by atoms with Gasteiger partial charge in [-0.15, -0.1) is 0 Å². The SMILES string of the molecule is CCCC(=O)NC1CCCN(c2nc(-c3cccc(OC)c3)no2)C1. The van der Waals surface area contributed by atoms with Crippen LogP contribution in [0.15, 0.2) is 28.8 Å². The maximum atomic E-state index is 11.8. The minimum atomic E-state index is 0.108. The lowest BCUT2D eigenvalue weighted by atomic mass is 10.1. The van der Waals surface area contributed by atoms with Gasteiger partial charge in [0.2, 0.25) is 11.7 Å². The molecule has 2 heterocycles. The second-order valence-electron chi connectivity index (χ2n) is 6.24. The van der Waals surface area contributed by atoms with Gasteiger partial charge in [0.15, 0.2) is 0 Å². The van der Waals surface area contributed by atoms with Crippen molar-refractivity contribution in [3.05, 3.63) is 24.3 Å². The summed E-state index contributed by atoms with van der Waals surface area (Å²) in [6.07, 6.45) is 3.38. The van der Waals surface area contributed by atoms with E-state index in [2.05, 4.69) is 15.5 Å². The minimum Gasteiger partial charge on any atom is -0.497 e. The molecule has 7 nitrogen and oxygen atoms in total. The number of methoxy groups -OCH3 is 1.